The van der Waals surface area contributed by atoms with Gasteiger partial charge in [-0.3, -0.25) is 0 Å². The summed E-state index contributed by atoms with van der Waals surface area (Å²) in [6.45, 7) is 2.62. The molecule has 0 bridgehead atoms. The third-order valence-electron chi connectivity index (χ3n) is 3.21. The van der Waals surface area contributed by atoms with Gasteiger partial charge in [-0.05, 0) is 49.1 Å². The largest absolute Gasteiger partial charge is 0.488 e. The van der Waals surface area contributed by atoms with Crippen LogP contribution in [0.5, 0.6) is 5.75 Å². The number of nitrogens with one attached hydrogen (secondary N) is 1. The van der Waals surface area contributed by atoms with Crippen LogP contribution in [0.4, 0.5) is 8.78 Å². The summed E-state index contributed by atoms with van der Waals surface area (Å²) in [4.78, 5) is 0. The van der Waals surface area contributed by atoms with E-state index < -0.39 is 13.0 Å². The Kier molecular flexibility index (Phi) is 4.53. The van der Waals surface area contributed by atoms with Crippen molar-refractivity contribution in [2.24, 2.45) is 0 Å². The van der Waals surface area contributed by atoms with Gasteiger partial charge >= 0.3 is 0 Å². The highest BCUT2D eigenvalue weighted by molar-refractivity contribution is 5.40. The van der Waals surface area contributed by atoms with E-state index in [2.05, 4.69) is 12.2 Å². The van der Waals surface area contributed by atoms with E-state index in [4.69, 9.17) is 4.74 Å². The molecule has 4 heteroatoms. The highest BCUT2D eigenvalue weighted by Crippen LogP contribution is 2.33. The zero-order valence-electron chi connectivity index (χ0n) is 10.6. The summed E-state index contributed by atoms with van der Waals surface area (Å²) in [6.07, 6.45) is 0.759. The number of ether oxygens (including phenoxy) is 1. The van der Waals surface area contributed by atoms with Crippen LogP contribution >= 0.6 is 0 Å². The molecule has 0 heterocycles. The molecule has 1 aromatic rings. The zero-order valence-corrected chi connectivity index (χ0v) is 10.6. The fourth-order valence-corrected chi connectivity index (χ4v) is 2.37. The van der Waals surface area contributed by atoms with Gasteiger partial charge in [0.05, 0.1) is 0 Å². The van der Waals surface area contributed by atoms with E-state index in [9.17, 15) is 8.78 Å². The summed E-state index contributed by atoms with van der Waals surface area (Å²) in [6, 6.07) is 6.08. The minimum absolute atomic E-state index is 0.407. The van der Waals surface area contributed by atoms with Gasteiger partial charge in [-0.25, -0.2) is 8.78 Å². The molecule has 1 N–H and O–H groups in total. The molecule has 100 valence electrons. The third kappa shape index (κ3) is 3.19. The summed E-state index contributed by atoms with van der Waals surface area (Å²) >= 11 is 0. The molecule has 2 rings (SSSR count). The van der Waals surface area contributed by atoms with Gasteiger partial charge < -0.3 is 10.1 Å². The van der Waals surface area contributed by atoms with Crippen LogP contribution in [-0.4, -0.2) is 19.6 Å². The lowest BCUT2D eigenvalue weighted by Gasteiger charge is -2.14. The zero-order chi connectivity index (χ0) is 13.0. The molecule has 0 amide bonds. The van der Waals surface area contributed by atoms with Crippen LogP contribution in [0.25, 0.3) is 0 Å². The van der Waals surface area contributed by atoms with Crippen molar-refractivity contribution in [1.82, 2.24) is 5.32 Å². The molecular formula is C14H19F2NO. The van der Waals surface area contributed by atoms with Gasteiger partial charge in [-0.1, -0.05) is 13.0 Å². The lowest BCUT2D eigenvalue weighted by atomic mass is 10.1. The van der Waals surface area contributed by atoms with Gasteiger partial charge in [0.15, 0.2) is 0 Å². The number of aryl methyl sites for hydroxylation is 1. The van der Waals surface area contributed by atoms with E-state index in [-0.39, 0.29) is 0 Å². The molecule has 2 nitrogen and oxygen atoms in total. The van der Waals surface area contributed by atoms with E-state index in [1.54, 1.807) is 6.07 Å². The summed E-state index contributed by atoms with van der Waals surface area (Å²) in [7, 11) is 0. The fourth-order valence-electron chi connectivity index (χ4n) is 2.37. The fraction of sp³-hybridized carbons (Fsp3) is 0.571. The summed E-state index contributed by atoms with van der Waals surface area (Å²) in [5.74, 6) is 0.546. The number of rotatable bonds is 6. The lowest BCUT2D eigenvalue weighted by Crippen LogP contribution is -2.19. The van der Waals surface area contributed by atoms with Crippen LogP contribution in [0.3, 0.4) is 0 Å². The van der Waals surface area contributed by atoms with Crippen molar-refractivity contribution in [3.8, 4) is 5.75 Å². The van der Waals surface area contributed by atoms with Crippen molar-refractivity contribution in [3.63, 3.8) is 0 Å². The molecule has 1 unspecified atom stereocenters. The second-order valence-corrected chi connectivity index (χ2v) is 4.61. The minimum atomic E-state index is -2.42. The predicted octanol–water partition coefficient (Wildman–Crippen LogP) is 3.32. The molecule has 1 aliphatic rings. The Morgan fingerprint density at radius 3 is 3.00 bits per heavy atom. The molecule has 0 fully saturated rings. The normalized spacial score (nSPS) is 18.1. The molecule has 0 aliphatic heterocycles. The average molecular weight is 255 g/mol. The highest BCUT2D eigenvalue weighted by Gasteiger charge is 2.22. The Morgan fingerprint density at radius 1 is 1.44 bits per heavy atom. The van der Waals surface area contributed by atoms with Crippen LogP contribution in [0, 0.1) is 0 Å². The SMILES string of the molecule is CCCNC1CCc2cc(OCC(F)F)ccc21. The van der Waals surface area contributed by atoms with Crippen LogP contribution in [0.2, 0.25) is 0 Å². The van der Waals surface area contributed by atoms with Crippen molar-refractivity contribution in [2.75, 3.05) is 13.2 Å². The maximum atomic E-state index is 12.1. The van der Waals surface area contributed by atoms with Crippen molar-refractivity contribution >= 4 is 0 Å². The molecular weight excluding hydrogens is 236 g/mol. The predicted molar refractivity (Wildman–Crippen MR) is 67.3 cm³/mol. The molecule has 0 saturated carbocycles. The first-order chi connectivity index (χ1) is 8.70. The first-order valence-corrected chi connectivity index (χ1v) is 6.48. The van der Waals surface area contributed by atoms with E-state index >= 15 is 0 Å². The van der Waals surface area contributed by atoms with Crippen molar-refractivity contribution in [1.29, 1.82) is 0 Å². The number of hydrogen-bond donors (Lipinski definition) is 1. The second kappa shape index (κ2) is 6.14. The first kappa shape index (κ1) is 13.3. The molecule has 0 spiro atoms. The molecule has 1 aromatic carbocycles. The first-order valence-electron chi connectivity index (χ1n) is 6.48. The van der Waals surface area contributed by atoms with Crippen LogP contribution in [-0.2, 0) is 6.42 Å². The maximum absolute atomic E-state index is 12.1. The van der Waals surface area contributed by atoms with E-state index in [1.807, 2.05) is 12.1 Å². The Balaban J connectivity index is 2.01. The smallest absolute Gasteiger partial charge is 0.272 e. The minimum Gasteiger partial charge on any atom is -0.488 e. The van der Waals surface area contributed by atoms with Crippen molar-refractivity contribution in [2.45, 2.75) is 38.7 Å². The standard InChI is InChI=1S/C14H19F2NO/c1-2-7-17-13-6-3-10-8-11(4-5-12(10)13)18-9-14(15)16/h4-5,8,13-14,17H,2-3,6-7,9H2,1H3. The topological polar surface area (TPSA) is 21.3 Å². The number of benzene rings is 1. The maximum Gasteiger partial charge on any atom is 0.272 e. The summed E-state index contributed by atoms with van der Waals surface area (Å²) in [5.41, 5.74) is 2.50. The summed E-state index contributed by atoms with van der Waals surface area (Å²) < 4.78 is 29.2. The summed E-state index contributed by atoms with van der Waals surface area (Å²) in [5, 5.41) is 3.50. The van der Waals surface area contributed by atoms with E-state index in [1.165, 1.54) is 11.1 Å². The van der Waals surface area contributed by atoms with Gasteiger partial charge in [0.25, 0.3) is 6.43 Å². The van der Waals surface area contributed by atoms with Crippen molar-refractivity contribution in [3.05, 3.63) is 29.3 Å². The quantitative estimate of drug-likeness (QED) is 0.842. The number of fused-ring (bicyclic) bond motifs is 1. The van der Waals surface area contributed by atoms with Gasteiger partial charge in [0.1, 0.15) is 12.4 Å². The molecule has 18 heavy (non-hydrogen) atoms. The van der Waals surface area contributed by atoms with Gasteiger partial charge in [0.2, 0.25) is 0 Å². The van der Waals surface area contributed by atoms with Gasteiger partial charge in [-0.2, -0.15) is 0 Å². The second-order valence-electron chi connectivity index (χ2n) is 4.61. The van der Waals surface area contributed by atoms with E-state index in [0.717, 1.165) is 25.8 Å². The average Bonchev–Trinajstić information content (AvgIpc) is 2.76. The Labute approximate surface area is 106 Å². The van der Waals surface area contributed by atoms with Gasteiger partial charge in [0, 0.05) is 6.04 Å². The monoisotopic (exact) mass is 255 g/mol. The van der Waals surface area contributed by atoms with Gasteiger partial charge in [-0.15, -0.1) is 0 Å². The van der Waals surface area contributed by atoms with Crippen LogP contribution in [0.15, 0.2) is 18.2 Å². The van der Waals surface area contributed by atoms with Crippen LogP contribution < -0.4 is 10.1 Å². The Morgan fingerprint density at radius 2 is 2.28 bits per heavy atom. The molecule has 0 saturated heterocycles. The third-order valence-corrected chi connectivity index (χ3v) is 3.21. The molecule has 1 aliphatic carbocycles. The Bertz CT molecular complexity index is 395. The van der Waals surface area contributed by atoms with E-state index in [0.29, 0.717) is 11.8 Å². The number of halogens is 2. The molecule has 1 atom stereocenters. The molecule has 0 aromatic heterocycles. The van der Waals surface area contributed by atoms with Crippen molar-refractivity contribution < 1.29 is 13.5 Å². The Hall–Kier alpha value is -1.16. The number of hydrogen-bond acceptors (Lipinski definition) is 2. The highest BCUT2D eigenvalue weighted by atomic mass is 19.3. The molecule has 0 radical (unpaired) electrons. The number of alkyl halides is 2. The van der Waals surface area contributed by atoms with Crippen LogP contribution in [0.1, 0.15) is 36.9 Å². The lowest BCUT2D eigenvalue weighted by molar-refractivity contribution is 0.0818.